The Morgan fingerprint density at radius 2 is 1.95 bits per heavy atom. The van der Waals surface area contributed by atoms with E-state index >= 15 is 0 Å². The number of aryl methyl sites for hydroxylation is 1. The number of sulfone groups is 1. The molecule has 0 radical (unpaired) electrons. The minimum atomic E-state index is -4.17. The standard InChI is InChI=1S/C13H12F2N2O4S/c1-7-5-12(17-21-7)16-13(18)8(2)22(19,20)9-3-4-10(14)11(15)6-9/h3-6,8H,1-2H3,(H,16,17,18)/t8-/m0/s1. The first kappa shape index (κ1) is 16.1. The molecule has 0 aliphatic rings. The molecule has 1 amide bonds. The predicted molar refractivity (Wildman–Crippen MR) is 72.9 cm³/mol. The number of aromatic nitrogens is 1. The topological polar surface area (TPSA) is 89.3 Å². The molecule has 0 unspecified atom stereocenters. The molecule has 0 aliphatic carbocycles. The monoisotopic (exact) mass is 330 g/mol. The van der Waals surface area contributed by atoms with E-state index < -0.39 is 37.5 Å². The van der Waals surface area contributed by atoms with E-state index in [-0.39, 0.29) is 5.82 Å². The number of carbonyl (C=O) groups is 1. The van der Waals surface area contributed by atoms with Crippen LogP contribution in [0.4, 0.5) is 14.6 Å². The number of anilines is 1. The van der Waals surface area contributed by atoms with Gasteiger partial charge in [0.15, 0.2) is 27.3 Å². The summed E-state index contributed by atoms with van der Waals surface area (Å²) in [6, 6.07) is 3.54. The molecule has 1 N–H and O–H groups in total. The van der Waals surface area contributed by atoms with Gasteiger partial charge in [0.2, 0.25) is 5.91 Å². The summed E-state index contributed by atoms with van der Waals surface area (Å²) in [5, 5.41) is 4.26. The second-order valence-corrected chi connectivity index (χ2v) is 6.84. The molecule has 1 aromatic carbocycles. The van der Waals surface area contributed by atoms with Crippen LogP contribution in [0.3, 0.4) is 0 Å². The first-order valence-corrected chi connectivity index (χ1v) is 7.69. The van der Waals surface area contributed by atoms with Crippen molar-refractivity contribution >= 4 is 21.6 Å². The molecule has 9 heteroatoms. The van der Waals surface area contributed by atoms with Crippen LogP contribution in [-0.2, 0) is 14.6 Å². The van der Waals surface area contributed by atoms with E-state index in [0.29, 0.717) is 17.9 Å². The third kappa shape index (κ3) is 3.14. The van der Waals surface area contributed by atoms with Crippen LogP contribution in [0.2, 0.25) is 0 Å². The van der Waals surface area contributed by atoms with Crippen molar-refractivity contribution in [3.8, 4) is 0 Å². The Labute approximate surface area is 125 Å². The average molecular weight is 330 g/mol. The Bertz CT molecular complexity index is 817. The van der Waals surface area contributed by atoms with Gasteiger partial charge in [-0.15, -0.1) is 0 Å². The molecule has 1 atom stereocenters. The summed E-state index contributed by atoms with van der Waals surface area (Å²) in [7, 11) is -4.17. The number of nitrogens with one attached hydrogen (secondary N) is 1. The molecule has 1 aromatic heterocycles. The number of benzene rings is 1. The number of halogens is 2. The van der Waals surface area contributed by atoms with Crippen molar-refractivity contribution in [2.24, 2.45) is 0 Å². The molecule has 118 valence electrons. The first-order chi connectivity index (χ1) is 10.2. The third-order valence-corrected chi connectivity index (χ3v) is 4.99. The second-order valence-electron chi connectivity index (χ2n) is 4.58. The van der Waals surface area contributed by atoms with Crippen LogP contribution < -0.4 is 5.32 Å². The van der Waals surface area contributed by atoms with Gasteiger partial charge in [-0.3, -0.25) is 4.79 Å². The van der Waals surface area contributed by atoms with Crippen molar-refractivity contribution in [2.75, 3.05) is 5.32 Å². The fourth-order valence-electron chi connectivity index (χ4n) is 1.65. The van der Waals surface area contributed by atoms with E-state index in [1.54, 1.807) is 6.92 Å². The number of carbonyl (C=O) groups excluding carboxylic acids is 1. The van der Waals surface area contributed by atoms with Crippen molar-refractivity contribution in [1.82, 2.24) is 5.16 Å². The summed E-state index contributed by atoms with van der Waals surface area (Å²) in [5.74, 6) is -2.84. The zero-order valence-corrected chi connectivity index (χ0v) is 12.4. The molecule has 0 aliphatic heterocycles. The summed E-state index contributed by atoms with van der Waals surface area (Å²) in [6.07, 6.45) is 0. The van der Waals surface area contributed by atoms with Gasteiger partial charge in [-0.1, -0.05) is 5.16 Å². The number of amides is 1. The Morgan fingerprint density at radius 3 is 2.50 bits per heavy atom. The SMILES string of the molecule is Cc1cc(NC(=O)[C@H](C)S(=O)(=O)c2ccc(F)c(F)c2)no1. The first-order valence-electron chi connectivity index (χ1n) is 6.15. The highest BCUT2D eigenvalue weighted by molar-refractivity contribution is 7.92. The third-order valence-electron chi connectivity index (χ3n) is 2.93. The van der Waals surface area contributed by atoms with E-state index in [2.05, 4.69) is 10.5 Å². The van der Waals surface area contributed by atoms with Gasteiger partial charge in [0, 0.05) is 6.07 Å². The van der Waals surface area contributed by atoms with Gasteiger partial charge in [0.1, 0.15) is 11.0 Å². The van der Waals surface area contributed by atoms with Crippen molar-refractivity contribution < 1.29 is 26.5 Å². The van der Waals surface area contributed by atoms with Gasteiger partial charge in [-0.25, -0.2) is 17.2 Å². The van der Waals surface area contributed by atoms with Gasteiger partial charge in [-0.2, -0.15) is 0 Å². The zero-order chi connectivity index (χ0) is 16.5. The van der Waals surface area contributed by atoms with E-state index in [9.17, 15) is 22.0 Å². The molecule has 0 saturated heterocycles. The van der Waals surface area contributed by atoms with Crippen LogP contribution in [0.5, 0.6) is 0 Å². The van der Waals surface area contributed by atoms with Gasteiger partial charge in [-0.05, 0) is 32.0 Å². The highest BCUT2D eigenvalue weighted by Gasteiger charge is 2.31. The molecule has 22 heavy (non-hydrogen) atoms. The molecule has 0 fully saturated rings. The molecule has 2 rings (SSSR count). The maximum atomic E-state index is 13.2. The average Bonchev–Trinajstić information content (AvgIpc) is 2.86. The van der Waals surface area contributed by atoms with Crippen molar-refractivity contribution in [3.05, 3.63) is 41.7 Å². The largest absolute Gasteiger partial charge is 0.360 e. The summed E-state index contributed by atoms with van der Waals surface area (Å²) in [4.78, 5) is 11.5. The lowest BCUT2D eigenvalue weighted by molar-refractivity contribution is -0.115. The van der Waals surface area contributed by atoms with Crippen LogP contribution in [-0.4, -0.2) is 24.7 Å². The van der Waals surface area contributed by atoms with Crippen LogP contribution in [0.1, 0.15) is 12.7 Å². The number of rotatable bonds is 4. The Hall–Kier alpha value is -2.29. The molecule has 1 heterocycles. The van der Waals surface area contributed by atoms with Crippen LogP contribution in [0.25, 0.3) is 0 Å². The smallest absolute Gasteiger partial charge is 0.244 e. The van der Waals surface area contributed by atoms with Gasteiger partial charge in [0.05, 0.1) is 4.90 Å². The van der Waals surface area contributed by atoms with Crippen LogP contribution >= 0.6 is 0 Å². The summed E-state index contributed by atoms with van der Waals surface area (Å²) >= 11 is 0. The molecule has 6 nitrogen and oxygen atoms in total. The maximum absolute atomic E-state index is 13.2. The lowest BCUT2D eigenvalue weighted by Crippen LogP contribution is -2.32. The lowest BCUT2D eigenvalue weighted by atomic mass is 10.3. The van der Waals surface area contributed by atoms with E-state index in [0.717, 1.165) is 13.0 Å². The van der Waals surface area contributed by atoms with E-state index in [4.69, 9.17) is 4.52 Å². The highest BCUT2D eigenvalue weighted by atomic mass is 32.2. The maximum Gasteiger partial charge on any atom is 0.244 e. The molecular weight excluding hydrogens is 318 g/mol. The predicted octanol–water partition coefficient (Wildman–Crippen LogP) is 2.06. The Kier molecular flexibility index (Phi) is 4.27. The van der Waals surface area contributed by atoms with Gasteiger partial charge in [0.25, 0.3) is 0 Å². The van der Waals surface area contributed by atoms with E-state index in [1.165, 1.54) is 6.07 Å². The lowest BCUT2D eigenvalue weighted by Gasteiger charge is -2.12. The number of nitrogens with zero attached hydrogens (tertiary/aromatic N) is 1. The quantitative estimate of drug-likeness (QED) is 0.867. The normalized spacial score (nSPS) is 12.9. The Morgan fingerprint density at radius 1 is 1.27 bits per heavy atom. The second kappa shape index (κ2) is 5.84. The van der Waals surface area contributed by atoms with Crippen molar-refractivity contribution in [3.63, 3.8) is 0 Å². The van der Waals surface area contributed by atoms with Crippen molar-refractivity contribution in [2.45, 2.75) is 24.0 Å². The number of hydrogen-bond acceptors (Lipinski definition) is 5. The fraction of sp³-hybridized carbons (Fsp3) is 0.231. The molecule has 0 bridgehead atoms. The van der Waals surface area contributed by atoms with Gasteiger partial charge < -0.3 is 9.84 Å². The summed E-state index contributed by atoms with van der Waals surface area (Å²) in [5.41, 5.74) is 0. The van der Waals surface area contributed by atoms with Gasteiger partial charge >= 0.3 is 0 Å². The number of hydrogen-bond donors (Lipinski definition) is 1. The van der Waals surface area contributed by atoms with Crippen LogP contribution in [0.15, 0.2) is 33.7 Å². The molecular formula is C13H12F2N2O4S. The summed E-state index contributed by atoms with van der Waals surface area (Å²) < 4.78 is 55.2. The van der Waals surface area contributed by atoms with Crippen LogP contribution in [0, 0.1) is 18.6 Å². The molecule has 0 saturated carbocycles. The minimum Gasteiger partial charge on any atom is -0.360 e. The summed E-state index contributed by atoms with van der Waals surface area (Å²) in [6.45, 7) is 2.74. The highest BCUT2D eigenvalue weighted by Crippen LogP contribution is 2.20. The Balaban J connectivity index is 2.24. The van der Waals surface area contributed by atoms with Crippen molar-refractivity contribution in [1.29, 1.82) is 0 Å². The minimum absolute atomic E-state index is 0.0647. The fourth-order valence-corrected chi connectivity index (χ4v) is 2.93. The van der Waals surface area contributed by atoms with E-state index in [1.807, 2.05) is 0 Å². The molecule has 2 aromatic rings. The molecule has 0 spiro atoms. The zero-order valence-electron chi connectivity index (χ0n) is 11.6.